The average Bonchev–Trinajstić information content (AvgIpc) is 3.00. The summed E-state index contributed by atoms with van der Waals surface area (Å²) in [5, 5.41) is 8.42. The highest BCUT2D eigenvalue weighted by atomic mass is 32.2. The van der Waals surface area contributed by atoms with E-state index >= 15 is 0 Å². The van der Waals surface area contributed by atoms with Crippen molar-refractivity contribution in [3.8, 4) is 0 Å². The van der Waals surface area contributed by atoms with E-state index in [9.17, 15) is 8.42 Å². The van der Waals surface area contributed by atoms with Crippen LogP contribution in [0.15, 0.2) is 59.8 Å². The molecule has 6 heteroatoms. The van der Waals surface area contributed by atoms with Crippen molar-refractivity contribution in [1.29, 1.82) is 0 Å². The van der Waals surface area contributed by atoms with Gasteiger partial charge >= 0.3 is 0 Å². The average molecular weight is 301 g/mol. The number of rotatable bonds is 4. The van der Waals surface area contributed by atoms with Crippen molar-refractivity contribution >= 4 is 20.8 Å². The summed E-state index contributed by atoms with van der Waals surface area (Å²) in [7, 11) is -3.57. The quantitative estimate of drug-likeness (QED) is 0.778. The molecule has 0 aliphatic rings. The molecule has 2 N–H and O–H groups in total. The van der Waals surface area contributed by atoms with E-state index in [2.05, 4.69) is 14.9 Å². The standard InChI is InChI=1S/C15H15N3O2S/c1-11(14-9-16-17-10-14)18-21(19,20)15-7-6-12-4-2-3-5-13(12)8-15/h2-11,18H,1H3,(H,16,17). The van der Waals surface area contributed by atoms with Crippen molar-refractivity contribution in [3.05, 3.63) is 60.4 Å². The van der Waals surface area contributed by atoms with Crippen LogP contribution in [0.1, 0.15) is 18.5 Å². The summed E-state index contributed by atoms with van der Waals surface area (Å²) in [5.41, 5.74) is 0.791. The van der Waals surface area contributed by atoms with Crippen molar-refractivity contribution in [2.75, 3.05) is 0 Å². The molecule has 1 atom stereocenters. The zero-order chi connectivity index (χ0) is 14.9. The summed E-state index contributed by atoms with van der Waals surface area (Å²) in [6.07, 6.45) is 3.28. The third-order valence-corrected chi connectivity index (χ3v) is 4.92. The van der Waals surface area contributed by atoms with Gasteiger partial charge in [0.05, 0.1) is 11.1 Å². The topological polar surface area (TPSA) is 74.8 Å². The first-order valence-electron chi connectivity index (χ1n) is 6.56. The van der Waals surface area contributed by atoms with Crippen LogP contribution in [0.3, 0.4) is 0 Å². The number of benzene rings is 2. The Kier molecular flexibility index (Phi) is 3.48. The predicted octanol–water partition coefficient (Wildman–Crippen LogP) is 2.60. The van der Waals surface area contributed by atoms with Crippen molar-refractivity contribution in [2.24, 2.45) is 0 Å². The lowest BCUT2D eigenvalue weighted by molar-refractivity contribution is 0.567. The summed E-state index contributed by atoms with van der Waals surface area (Å²) < 4.78 is 27.5. The van der Waals surface area contributed by atoms with Crippen LogP contribution in [-0.2, 0) is 10.0 Å². The van der Waals surface area contributed by atoms with E-state index in [4.69, 9.17) is 0 Å². The van der Waals surface area contributed by atoms with Crippen LogP contribution in [-0.4, -0.2) is 18.6 Å². The lowest BCUT2D eigenvalue weighted by Gasteiger charge is -2.13. The van der Waals surface area contributed by atoms with Crippen molar-refractivity contribution in [1.82, 2.24) is 14.9 Å². The summed E-state index contributed by atoms with van der Waals surface area (Å²) >= 11 is 0. The fourth-order valence-electron chi connectivity index (χ4n) is 2.20. The number of hydrogen-bond donors (Lipinski definition) is 2. The number of hydrogen-bond acceptors (Lipinski definition) is 3. The second kappa shape index (κ2) is 5.31. The molecule has 5 nitrogen and oxygen atoms in total. The van der Waals surface area contributed by atoms with Crippen LogP contribution in [0.25, 0.3) is 10.8 Å². The normalized spacial score (nSPS) is 13.4. The Morgan fingerprint density at radius 1 is 1.14 bits per heavy atom. The number of sulfonamides is 1. The first kappa shape index (κ1) is 13.8. The molecule has 21 heavy (non-hydrogen) atoms. The van der Waals surface area contributed by atoms with Gasteiger partial charge in [-0.05, 0) is 29.8 Å². The maximum atomic E-state index is 12.4. The lowest BCUT2D eigenvalue weighted by atomic mass is 10.1. The molecule has 0 aliphatic carbocycles. The Labute approximate surface area is 123 Å². The van der Waals surface area contributed by atoms with Crippen LogP contribution < -0.4 is 4.72 Å². The van der Waals surface area contributed by atoms with Crippen molar-refractivity contribution in [3.63, 3.8) is 0 Å². The molecular formula is C15H15N3O2S. The summed E-state index contributed by atoms with van der Waals surface area (Å²) in [4.78, 5) is 0.261. The Morgan fingerprint density at radius 3 is 2.62 bits per heavy atom. The Morgan fingerprint density at radius 2 is 1.90 bits per heavy atom. The molecule has 0 aliphatic heterocycles. The molecule has 0 saturated heterocycles. The van der Waals surface area contributed by atoms with E-state index in [0.29, 0.717) is 0 Å². The fraction of sp³-hybridized carbons (Fsp3) is 0.133. The molecule has 3 rings (SSSR count). The molecule has 108 valence electrons. The maximum absolute atomic E-state index is 12.4. The highest BCUT2D eigenvalue weighted by Gasteiger charge is 2.19. The van der Waals surface area contributed by atoms with Gasteiger partial charge in [-0.15, -0.1) is 0 Å². The molecule has 2 aromatic carbocycles. The SMILES string of the molecule is CC(NS(=O)(=O)c1ccc2ccccc2c1)c1cn[nH]c1. The lowest BCUT2D eigenvalue weighted by Crippen LogP contribution is -2.26. The molecule has 0 fully saturated rings. The van der Waals surface area contributed by atoms with E-state index in [0.717, 1.165) is 16.3 Å². The molecule has 1 heterocycles. The molecule has 1 unspecified atom stereocenters. The highest BCUT2D eigenvalue weighted by Crippen LogP contribution is 2.20. The van der Waals surface area contributed by atoms with E-state index in [1.165, 1.54) is 0 Å². The second-order valence-corrected chi connectivity index (χ2v) is 6.60. The minimum atomic E-state index is -3.57. The molecule has 3 aromatic rings. The van der Waals surface area contributed by atoms with Gasteiger partial charge in [0.2, 0.25) is 10.0 Å². The molecular weight excluding hydrogens is 286 g/mol. The zero-order valence-corrected chi connectivity index (χ0v) is 12.3. The van der Waals surface area contributed by atoms with Gasteiger partial charge in [-0.25, -0.2) is 13.1 Å². The number of aromatic amines is 1. The molecule has 1 aromatic heterocycles. The number of fused-ring (bicyclic) bond motifs is 1. The number of aromatic nitrogens is 2. The molecule has 0 saturated carbocycles. The number of nitrogens with one attached hydrogen (secondary N) is 2. The van der Waals surface area contributed by atoms with E-state index < -0.39 is 10.0 Å². The fourth-order valence-corrected chi connectivity index (χ4v) is 3.47. The van der Waals surface area contributed by atoms with Crippen LogP contribution in [0.5, 0.6) is 0 Å². The van der Waals surface area contributed by atoms with Crippen LogP contribution >= 0.6 is 0 Å². The number of nitrogens with zero attached hydrogens (tertiary/aromatic N) is 1. The summed E-state index contributed by atoms with van der Waals surface area (Å²) in [5.74, 6) is 0. The van der Waals surface area contributed by atoms with E-state index in [1.54, 1.807) is 31.5 Å². The molecule has 0 bridgehead atoms. The first-order chi connectivity index (χ1) is 10.1. The Bertz CT molecular complexity index is 858. The van der Waals surface area contributed by atoms with E-state index in [1.807, 2.05) is 30.3 Å². The van der Waals surface area contributed by atoms with Gasteiger partial charge in [-0.2, -0.15) is 5.10 Å². The third kappa shape index (κ3) is 2.81. The largest absolute Gasteiger partial charge is 0.285 e. The highest BCUT2D eigenvalue weighted by molar-refractivity contribution is 7.89. The van der Waals surface area contributed by atoms with Gasteiger partial charge < -0.3 is 0 Å². The van der Waals surface area contributed by atoms with Gasteiger partial charge in [0, 0.05) is 17.8 Å². The minimum absolute atomic E-state index is 0.261. The van der Waals surface area contributed by atoms with Crippen LogP contribution in [0.2, 0.25) is 0 Å². The van der Waals surface area contributed by atoms with Crippen molar-refractivity contribution in [2.45, 2.75) is 17.9 Å². The first-order valence-corrected chi connectivity index (χ1v) is 8.04. The van der Waals surface area contributed by atoms with Gasteiger partial charge in [0.15, 0.2) is 0 Å². The van der Waals surface area contributed by atoms with Gasteiger partial charge in [0.1, 0.15) is 0 Å². The molecule has 0 spiro atoms. The molecule has 0 radical (unpaired) electrons. The van der Waals surface area contributed by atoms with E-state index in [-0.39, 0.29) is 10.9 Å². The van der Waals surface area contributed by atoms with Gasteiger partial charge in [-0.1, -0.05) is 30.3 Å². The molecule has 0 amide bonds. The Hall–Kier alpha value is -2.18. The maximum Gasteiger partial charge on any atom is 0.241 e. The predicted molar refractivity (Wildman–Crippen MR) is 81.3 cm³/mol. The van der Waals surface area contributed by atoms with Crippen molar-refractivity contribution < 1.29 is 8.42 Å². The van der Waals surface area contributed by atoms with Gasteiger partial charge in [-0.3, -0.25) is 5.10 Å². The summed E-state index contributed by atoms with van der Waals surface area (Å²) in [6, 6.07) is 12.4. The smallest absolute Gasteiger partial charge is 0.241 e. The monoisotopic (exact) mass is 301 g/mol. The number of H-pyrrole nitrogens is 1. The van der Waals surface area contributed by atoms with Gasteiger partial charge in [0.25, 0.3) is 0 Å². The van der Waals surface area contributed by atoms with Crippen LogP contribution in [0, 0.1) is 0 Å². The third-order valence-electron chi connectivity index (χ3n) is 3.38. The second-order valence-electron chi connectivity index (χ2n) is 4.88. The van der Waals surface area contributed by atoms with Crippen LogP contribution in [0.4, 0.5) is 0 Å². The Balaban J connectivity index is 1.92. The zero-order valence-electron chi connectivity index (χ0n) is 11.4. The summed E-state index contributed by atoms with van der Waals surface area (Å²) in [6.45, 7) is 1.78. The minimum Gasteiger partial charge on any atom is -0.285 e.